The highest BCUT2D eigenvalue weighted by atomic mass is 32.2. The van der Waals surface area contributed by atoms with Crippen LogP contribution in [0.4, 0.5) is 5.69 Å². The average molecular weight is 518 g/mol. The number of hydrogen-bond donors (Lipinski definition) is 2. The number of aromatic nitrogens is 1. The van der Waals surface area contributed by atoms with Crippen molar-refractivity contribution in [2.24, 2.45) is 22.9 Å². The number of amides is 1. The van der Waals surface area contributed by atoms with Gasteiger partial charge in [0, 0.05) is 10.9 Å². The van der Waals surface area contributed by atoms with Gasteiger partial charge in [-0.05, 0) is 73.4 Å². The van der Waals surface area contributed by atoms with Gasteiger partial charge in [0.25, 0.3) is 0 Å². The summed E-state index contributed by atoms with van der Waals surface area (Å²) in [4.78, 5) is 26.7. The maximum Gasteiger partial charge on any atom is 0.308 e. The van der Waals surface area contributed by atoms with Crippen LogP contribution in [0.5, 0.6) is 0 Å². The number of nitrogens with zero attached hydrogens (tertiary/aromatic N) is 1. The summed E-state index contributed by atoms with van der Waals surface area (Å²) in [5, 5.41) is 9.18. The van der Waals surface area contributed by atoms with Crippen molar-refractivity contribution in [3.05, 3.63) is 63.0 Å². The average Bonchev–Trinajstić information content (AvgIpc) is 3.58. The van der Waals surface area contributed by atoms with Gasteiger partial charge in [-0.3, -0.25) is 14.2 Å². The Morgan fingerprint density at radius 2 is 1.94 bits per heavy atom. The van der Waals surface area contributed by atoms with Crippen LogP contribution in [-0.4, -0.2) is 24.1 Å². The normalized spacial score (nSPS) is 27.4. The van der Waals surface area contributed by atoms with Gasteiger partial charge in [-0.2, -0.15) is 0 Å². The van der Waals surface area contributed by atoms with E-state index in [4.69, 9.17) is 9.56 Å². The lowest BCUT2D eigenvalue weighted by Crippen LogP contribution is -2.34. The van der Waals surface area contributed by atoms with E-state index in [2.05, 4.69) is 5.32 Å². The first-order valence-corrected chi connectivity index (χ1v) is 14.4. The van der Waals surface area contributed by atoms with Gasteiger partial charge in [0.05, 0.1) is 27.0 Å². The zero-order chi connectivity index (χ0) is 23.6. The molecule has 4 unspecified atom stereocenters. The van der Waals surface area contributed by atoms with E-state index in [0.717, 1.165) is 15.7 Å². The molecule has 2 saturated carbocycles. The van der Waals surface area contributed by atoms with E-state index in [1.165, 1.54) is 54.9 Å². The largest absolute Gasteiger partial charge is 0.469 e. The first kappa shape index (κ1) is 22.1. The Balaban J connectivity index is 1.29. The van der Waals surface area contributed by atoms with Crippen LogP contribution in [0.15, 0.2) is 61.8 Å². The molecule has 3 N–H and O–H groups in total. The van der Waals surface area contributed by atoms with Crippen LogP contribution in [0, 0.1) is 17.8 Å². The van der Waals surface area contributed by atoms with Gasteiger partial charge in [0.1, 0.15) is 12.3 Å². The molecule has 0 saturated heterocycles. The second-order valence-corrected chi connectivity index (χ2v) is 12.9. The minimum absolute atomic E-state index is 0.0330. The third-order valence-corrected chi connectivity index (χ3v) is 11.1. The Hall–Kier alpha value is -2.34. The maximum atomic E-state index is 13.0. The van der Waals surface area contributed by atoms with Crippen molar-refractivity contribution in [1.82, 2.24) is 4.57 Å². The molecule has 2 bridgehead atoms. The first-order chi connectivity index (χ1) is 16.3. The van der Waals surface area contributed by atoms with Gasteiger partial charge in [-0.25, -0.2) is 13.6 Å². The van der Waals surface area contributed by atoms with Crippen molar-refractivity contribution in [3.63, 3.8) is 0 Å². The summed E-state index contributed by atoms with van der Waals surface area (Å²) in [6.07, 6.45) is 5.38. The fourth-order valence-corrected chi connectivity index (χ4v) is 9.59. The van der Waals surface area contributed by atoms with Gasteiger partial charge in [-0.1, -0.05) is 11.3 Å². The molecule has 2 aromatic heterocycles. The zero-order valence-electron chi connectivity index (χ0n) is 18.0. The molecular weight excluding hydrogens is 494 g/mol. The van der Waals surface area contributed by atoms with Crippen LogP contribution in [0.25, 0.3) is 0 Å². The van der Waals surface area contributed by atoms with Gasteiger partial charge >= 0.3 is 4.87 Å². The summed E-state index contributed by atoms with van der Waals surface area (Å²) >= 11 is 2.98. The Bertz CT molecular complexity index is 1410. The monoisotopic (exact) mass is 517 g/mol. The molecule has 8 nitrogen and oxygen atoms in total. The number of carbonyl (C=O) groups excluding carboxylic acids is 1. The topological polar surface area (TPSA) is 124 Å². The molecular formula is C23H23N3O5S3. The number of benzene rings is 1. The number of rotatable bonds is 5. The molecule has 0 radical (unpaired) electrons. The summed E-state index contributed by atoms with van der Waals surface area (Å²) in [7, 11) is -3.81. The van der Waals surface area contributed by atoms with E-state index in [0.29, 0.717) is 28.7 Å². The summed E-state index contributed by atoms with van der Waals surface area (Å²) < 4.78 is 30.3. The number of fused-ring (bicyclic) bond motifs is 6. The Morgan fingerprint density at radius 3 is 2.65 bits per heavy atom. The number of nitrogens with one attached hydrogen (secondary N) is 1. The smallest absolute Gasteiger partial charge is 0.308 e. The summed E-state index contributed by atoms with van der Waals surface area (Å²) in [5.74, 6) is 2.35. The Labute approximate surface area is 204 Å². The van der Waals surface area contributed by atoms with Crippen molar-refractivity contribution >= 4 is 44.7 Å². The SMILES string of the molecule is NS(=O)(=O)c1ccc(NC(=O)Cn2c3c(sc2=O)[C@H](c2ccco2)C2C4CCC(C4)C2S3)cc1. The minimum atomic E-state index is -3.81. The fraction of sp³-hybridized carbons (Fsp3) is 0.391. The molecule has 1 amide bonds. The van der Waals surface area contributed by atoms with Crippen LogP contribution < -0.4 is 15.3 Å². The van der Waals surface area contributed by atoms with E-state index in [-0.39, 0.29) is 28.1 Å². The first-order valence-electron chi connectivity index (χ1n) is 11.2. The number of carbonyl (C=O) groups is 1. The van der Waals surface area contributed by atoms with Crippen molar-refractivity contribution < 1.29 is 17.6 Å². The van der Waals surface area contributed by atoms with Crippen LogP contribution in [0.3, 0.4) is 0 Å². The molecule has 178 valence electrons. The molecule has 11 heteroatoms. The van der Waals surface area contributed by atoms with E-state index in [9.17, 15) is 18.0 Å². The lowest BCUT2D eigenvalue weighted by atomic mass is 9.77. The number of thioether (sulfide) groups is 1. The van der Waals surface area contributed by atoms with Crippen molar-refractivity contribution in [3.8, 4) is 0 Å². The van der Waals surface area contributed by atoms with Crippen LogP contribution >= 0.6 is 23.1 Å². The molecule has 34 heavy (non-hydrogen) atoms. The number of sulfonamides is 1. The molecule has 0 spiro atoms. The molecule has 3 heterocycles. The van der Waals surface area contributed by atoms with E-state index in [1.54, 1.807) is 22.6 Å². The van der Waals surface area contributed by atoms with Crippen LogP contribution in [-0.2, 0) is 21.4 Å². The van der Waals surface area contributed by atoms with Crippen LogP contribution in [0.2, 0.25) is 0 Å². The molecule has 1 aliphatic heterocycles. The number of nitrogens with two attached hydrogens (primary N) is 1. The van der Waals surface area contributed by atoms with Gasteiger partial charge < -0.3 is 9.73 Å². The second kappa shape index (κ2) is 8.11. The molecule has 3 aromatic rings. The Morgan fingerprint density at radius 1 is 1.18 bits per heavy atom. The van der Waals surface area contributed by atoms with Gasteiger partial charge in [0.2, 0.25) is 15.9 Å². The minimum Gasteiger partial charge on any atom is -0.469 e. The highest BCUT2D eigenvalue weighted by molar-refractivity contribution is 8.00. The summed E-state index contributed by atoms with van der Waals surface area (Å²) in [5.41, 5.74) is 0.434. The van der Waals surface area contributed by atoms with E-state index in [1.807, 2.05) is 12.1 Å². The van der Waals surface area contributed by atoms with Gasteiger partial charge in [0.15, 0.2) is 0 Å². The number of primary sulfonamides is 1. The van der Waals surface area contributed by atoms with Crippen molar-refractivity contribution in [1.29, 1.82) is 0 Å². The fourth-order valence-electron chi connectivity index (χ4n) is 5.95. The molecule has 2 aliphatic carbocycles. The molecule has 2 fully saturated rings. The zero-order valence-corrected chi connectivity index (χ0v) is 20.5. The third kappa shape index (κ3) is 3.65. The number of anilines is 1. The summed E-state index contributed by atoms with van der Waals surface area (Å²) in [6, 6.07) is 9.52. The number of furan rings is 1. The van der Waals surface area contributed by atoms with E-state index < -0.39 is 10.0 Å². The second-order valence-electron chi connectivity index (χ2n) is 9.23. The van der Waals surface area contributed by atoms with Crippen LogP contribution in [0.1, 0.15) is 35.8 Å². The molecule has 5 atom stereocenters. The Kier molecular flexibility index (Phi) is 5.28. The number of thiazole rings is 1. The highest BCUT2D eigenvalue weighted by Gasteiger charge is 2.55. The van der Waals surface area contributed by atoms with Crippen molar-refractivity contribution in [2.75, 3.05) is 5.32 Å². The standard InChI is InChI=1S/C23H23N3O5S3/c24-34(29,30)15-7-5-14(6-8-15)25-17(27)11-26-22-21(33-23(26)28)19(16-2-1-9-31-16)18-12-3-4-13(10-12)20(18)32-22/h1-2,5-9,12-13,18-20H,3-4,10-11H2,(H,25,27)(H2,24,29,30)/t12?,13?,18?,19-,20?/m1/s1. The lowest BCUT2D eigenvalue weighted by Gasteiger charge is -2.39. The van der Waals surface area contributed by atoms with Crippen molar-refractivity contribution in [2.45, 2.75) is 46.9 Å². The van der Waals surface area contributed by atoms with Gasteiger partial charge in [-0.15, -0.1) is 11.8 Å². The lowest BCUT2D eigenvalue weighted by molar-refractivity contribution is -0.116. The molecule has 3 aliphatic rings. The predicted octanol–water partition coefficient (Wildman–Crippen LogP) is 3.44. The number of hydrogen-bond acceptors (Lipinski definition) is 7. The molecule has 1 aromatic carbocycles. The predicted molar refractivity (Wildman–Crippen MR) is 130 cm³/mol. The quantitative estimate of drug-likeness (QED) is 0.534. The summed E-state index contributed by atoms with van der Waals surface area (Å²) in [6.45, 7) is -0.106. The third-order valence-electron chi connectivity index (χ3n) is 7.31. The van der Waals surface area contributed by atoms with E-state index >= 15 is 0 Å². The highest BCUT2D eigenvalue weighted by Crippen LogP contribution is 2.64. The molecule has 6 rings (SSSR count). The maximum absolute atomic E-state index is 13.0.